The number of halogens is 2. The topological polar surface area (TPSA) is 362 Å². The van der Waals surface area contributed by atoms with Crippen molar-refractivity contribution in [2.75, 3.05) is 38.5 Å². The molecule has 2 atom stereocenters. The molecule has 2 aromatic rings. The molecule has 0 amide bonds. The second-order valence-corrected chi connectivity index (χ2v) is 22.8. The standard InChI is InChI=1S/C29H59N7.C25H33Cl2N7.C10H23N5/c1-5-9-16-24(7-3)19-20-27(31)22-26(30)18-14-12-11-13-15-21-34-28(32)36-29(33)35-23-25(8-4)17-10-6-2;26-19-9-7-18(8-10-19)16-22(29)17-21(28)6-4-2-1-3-5-15-32-24(30)34-25(31)33-23-13-11-20(27)12-14-23;1-3-4-5-6-7-8-14-10(12)15-9(11)13-2/h24-25,30-31H,5-23H2,1-4H3,(H5,32,33,34,35,36);7-14,28-29H,1-6,15-17H2,(H5,30,31,32,33,34);3-8H2,1-2H3,(H5,11,12,13,14,15). The van der Waals surface area contributed by atoms with Crippen LogP contribution < -0.4 is 50.4 Å². The van der Waals surface area contributed by atoms with Gasteiger partial charge in [0.15, 0.2) is 23.8 Å². The Hall–Kier alpha value is -6.08. The van der Waals surface area contributed by atoms with Crippen molar-refractivity contribution in [2.24, 2.45) is 76.2 Å². The van der Waals surface area contributed by atoms with Gasteiger partial charge in [0.05, 0.1) is 0 Å². The van der Waals surface area contributed by atoms with Crippen LogP contribution in [-0.2, 0) is 6.42 Å². The van der Waals surface area contributed by atoms with Crippen molar-refractivity contribution >= 4 is 87.5 Å². The van der Waals surface area contributed by atoms with E-state index in [9.17, 15) is 0 Å². The van der Waals surface area contributed by atoms with Crippen LogP contribution in [-0.4, -0.2) is 91.8 Å². The molecule has 0 heterocycles. The summed E-state index contributed by atoms with van der Waals surface area (Å²) in [5.74, 6) is 2.96. The number of nitrogens with two attached hydrogens (primary N) is 6. The molecule has 21 heteroatoms. The van der Waals surface area contributed by atoms with Gasteiger partial charge in [0, 0.05) is 91.1 Å². The van der Waals surface area contributed by atoms with E-state index in [2.05, 4.69) is 80.5 Å². The summed E-state index contributed by atoms with van der Waals surface area (Å²) in [6.07, 6.45) is 31.5. The number of rotatable bonds is 42. The van der Waals surface area contributed by atoms with Gasteiger partial charge in [-0.05, 0) is 118 Å². The molecule has 19 nitrogen and oxygen atoms in total. The Morgan fingerprint density at radius 3 is 1.38 bits per heavy atom. The zero-order chi connectivity index (χ0) is 63.3. The minimum absolute atomic E-state index is 0.147. The number of benzene rings is 2. The predicted octanol–water partition coefficient (Wildman–Crippen LogP) is 14.0. The first-order valence-corrected chi connectivity index (χ1v) is 32.5. The molecule has 0 aliphatic rings. The van der Waals surface area contributed by atoms with Crippen molar-refractivity contribution in [3.63, 3.8) is 0 Å². The maximum absolute atomic E-state index is 8.23. The van der Waals surface area contributed by atoms with E-state index < -0.39 is 0 Å². The molecule has 0 aromatic heterocycles. The summed E-state index contributed by atoms with van der Waals surface area (Å²) in [5.41, 5.74) is 39.0. The van der Waals surface area contributed by atoms with Crippen LogP contribution in [0.25, 0.3) is 0 Å². The average Bonchev–Trinajstić information content (AvgIpc) is 3.51. The average molecular weight is 1220 g/mol. The van der Waals surface area contributed by atoms with E-state index in [4.69, 9.17) is 79.2 Å². The van der Waals surface area contributed by atoms with Crippen LogP contribution in [0.1, 0.15) is 226 Å². The third kappa shape index (κ3) is 48.8. The SMILES string of the molecule is CCCCC(CC)CCC(=N)CC(=N)CCCCCCCN=C(N)NC(N)=NCC(CC)CCCC.CCCCCCCN=C(N)NC(N)=NC.N=C(CCCCCCCN=C(N)N=C(N)Nc1ccc(Cl)cc1)CC(=N)Cc1ccc(Cl)cc1. The van der Waals surface area contributed by atoms with E-state index in [1.807, 2.05) is 24.3 Å². The van der Waals surface area contributed by atoms with Crippen LogP contribution in [0.3, 0.4) is 0 Å². The van der Waals surface area contributed by atoms with E-state index in [1.54, 1.807) is 31.3 Å². The van der Waals surface area contributed by atoms with Gasteiger partial charge in [-0.15, -0.1) is 0 Å². The summed E-state index contributed by atoms with van der Waals surface area (Å²) in [7, 11) is 1.60. The van der Waals surface area contributed by atoms with E-state index >= 15 is 0 Å². The fraction of sp³-hybridized carbons (Fsp3) is 0.656. The number of nitrogens with one attached hydrogen (secondary N) is 7. The zero-order valence-corrected chi connectivity index (χ0v) is 54.7. The molecule has 0 aliphatic carbocycles. The molecule has 2 unspecified atom stereocenters. The van der Waals surface area contributed by atoms with Crippen LogP contribution >= 0.6 is 23.2 Å². The fourth-order valence-electron chi connectivity index (χ4n) is 8.83. The second kappa shape index (κ2) is 53.4. The maximum atomic E-state index is 8.23. The Bertz CT molecular complexity index is 2280. The van der Waals surface area contributed by atoms with E-state index in [1.165, 1.54) is 70.6 Å². The monoisotopic (exact) mass is 1220 g/mol. The van der Waals surface area contributed by atoms with Crippen molar-refractivity contribution < 1.29 is 0 Å². The number of guanidine groups is 6. The lowest BCUT2D eigenvalue weighted by Gasteiger charge is -2.14. The van der Waals surface area contributed by atoms with Gasteiger partial charge >= 0.3 is 0 Å². The van der Waals surface area contributed by atoms with E-state index in [0.29, 0.717) is 83.6 Å². The Morgan fingerprint density at radius 2 is 0.871 bits per heavy atom. The molecular formula is C64H115Cl2N19. The van der Waals surface area contributed by atoms with E-state index in [0.717, 1.165) is 144 Å². The van der Waals surface area contributed by atoms with E-state index in [-0.39, 0.29) is 11.9 Å². The Morgan fingerprint density at radius 1 is 0.447 bits per heavy atom. The van der Waals surface area contributed by atoms with Gasteiger partial charge in [-0.1, -0.05) is 179 Å². The summed E-state index contributed by atoms with van der Waals surface area (Å²) in [6.45, 7) is 13.9. The van der Waals surface area contributed by atoms with Crippen molar-refractivity contribution in [3.8, 4) is 0 Å². The van der Waals surface area contributed by atoms with Gasteiger partial charge in [0.25, 0.3) is 0 Å². The minimum atomic E-state index is 0.147. The van der Waals surface area contributed by atoms with Gasteiger partial charge in [0.1, 0.15) is 0 Å². The van der Waals surface area contributed by atoms with Crippen LogP contribution in [0.2, 0.25) is 10.0 Å². The first-order valence-electron chi connectivity index (χ1n) is 31.7. The molecular weight excluding hydrogens is 1110 g/mol. The first kappa shape index (κ1) is 78.9. The van der Waals surface area contributed by atoms with Crippen molar-refractivity contribution in [2.45, 2.75) is 227 Å². The van der Waals surface area contributed by atoms with Gasteiger partial charge in [-0.3, -0.25) is 35.6 Å². The Labute approximate surface area is 523 Å². The molecule has 19 N–H and O–H groups in total. The largest absolute Gasteiger partial charge is 0.370 e. The van der Waals surface area contributed by atoms with Crippen molar-refractivity contribution in [1.29, 1.82) is 21.6 Å². The van der Waals surface area contributed by atoms with Gasteiger partial charge < -0.3 is 61.4 Å². The number of hydrogen-bond acceptors (Lipinski definition) is 9. The lowest BCUT2D eigenvalue weighted by atomic mass is 9.92. The molecule has 0 saturated carbocycles. The molecule has 0 radical (unpaired) electrons. The molecule has 0 fully saturated rings. The van der Waals surface area contributed by atoms with Gasteiger partial charge in [-0.2, -0.15) is 4.99 Å². The highest BCUT2D eigenvalue weighted by Gasteiger charge is 2.11. The highest BCUT2D eigenvalue weighted by molar-refractivity contribution is 6.31. The predicted molar refractivity (Wildman–Crippen MR) is 372 cm³/mol. The smallest absolute Gasteiger partial charge is 0.218 e. The summed E-state index contributed by atoms with van der Waals surface area (Å²) in [4.78, 5) is 24.9. The quantitative estimate of drug-likeness (QED) is 0.0170. The summed E-state index contributed by atoms with van der Waals surface area (Å²) >= 11 is 11.7. The Kier molecular flexibility index (Phi) is 49.6. The summed E-state index contributed by atoms with van der Waals surface area (Å²) in [6, 6.07) is 14.6. The lowest BCUT2D eigenvalue weighted by Crippen LogP contribution is -2.42. The van der Waals surface area contributed by atoms with Crippen LogP contribution in [0, 0.1) is 33.5 Å². The first-order chi connectivity index (χ1) is 40.9. The van der Waals surface area contributed by atoms with Crippen LogP contribution in [0.15, 0.2) is 78.5 Å². The molecule has 85 heavy (non-hydrogen) atoms. The molecule has 0 aliphatic heterocycles. The summed E-state index contributed by atoms with van der Waals surface area (Å²) < 4.78 is 0. The number of nitrogens with zero attached hydrogens (tertiary/aromatic N) is 6. The van der Waals surface area contributed by atoms with Crippen LogP contribution in [0.4, 0.5) is 5.69 Å². The minimum Gasteiger partial charge on any atom is -0.370 e. The van der Waals surface area contributed by atoms with Crippen LogP contribution in [0.5, 0.6) is 0 Å². The number of aliphatic imine (C=N–C) groups is 6. The number of unbranched alkanes of at least 4 members (excludes halogenated alkanes) is 14. The third-order valence-electron chi connectivity index (χ3n) is 14.1. The van der Waals surface area contributed by atoms with Gasteiger partial charge in [0.2, 0.25) is 11.9 Å². The molecule has 0 spiro atoms. The van der Waals surface area contributed by atoms with Crippen molar-refractivity contribution in [1.82, 2.24) is 10.6 Å². The number of hydrogen-bond donors (Lipinski definition) is 13. The molecule has 0 bridgehead atoms. The molecule has 0 saturated heterocycles. The fourth-order valence-corrected chi connectivity index (χ4v) is 9.09. The zero-order valence-electron chi connectivity index (χ0n) is 53.2. The van der Waals surface area contributed by atoms with Gasteiger partial charge in [-0.25, -0.2) is 0 Å². The third-order valence-corrected chi connectivity index (χ3v) is 14.6. The molecule has 480 valence electrons. The highest BCUT2D eigenvalue weighted by Crippen LogP contribution is 2.20. The normalized spacial score (nSPS) is 13.0. The second-order valence-electron chi connectivity index (χ2n) is 21.9. The van der Waals surface area contributed by atoms with Crippen molar-refractivity contribution in [3.05, 3.63) is 64.1 Å². The molecule has 2 rings (SSSR count). The summed E-state index contributed by atoms with van der Waals surface area (Å²) in [5, 5.41) is 42.5. The molecule has 2 aromatic carbocycles. The lowest BCUT2D eigenvalue weighted by molar-refractivity contribution is 0.428. The maximum Gasteiger partial charge on any atom is 0.218 e. The Balaban J connectivity index is 0.00000134. The number of anilines is 1. The highest BCUT2D eigenvalue weighted by atomic mass is 35.5.